The van der Waals surface area contributed by atoms with Gasteiger partial charge in [-0.3, -0.25) is 19.0 Å². The van der Waals surface area contributed by atoms with Gasteiger partial charge in [-0.1, -0.05) is 11.6 Å². The number of anilines is 1. The van der Waals surface area contributed by atoms with Gasteiger partial charge in [0.2, 0.25) is 11.8 Å². The third kappa shape index (κ3) is 4.78. The number of aryl methyl sites for hydroxylation is 2. The number of carbonyl (C=O) groups excluding carboxylic acids is 2. The summed E-state index contributed by atoms with van der Waals surface area (Å²) in [5.74, 6) is -0.0999. The van der Waals surface area contributed by atoms with E-state index in [4.69, 9.17) is 16.3 Å². The van der Waals surface area contributed by atoms with Gasteiger partial charge >= 0.3 is 0 Å². The summed E-state index contributed by atoms with van der Waals surface area (Å²) < 4.78 is 6.41. The van der Waals surface area contributed by atoms with Crippen molar-refractivity contribution in [3.63, 3.8) is 0 Å². The molecular weight excluding hydrogens is 452 g/mol. The molecule has 2 aromatic heterocycles. The molecule has 2 heterocycles. The number of rotatable bonds is 7. The summed E-state index contributed by atoms with van der Waals surface area (Å²) >= 11 is 7.63. The molecule has 0 aliphatic heterocycles. The third-order valence-electron chi connectivity index (χ3n) is 5.37. The van der Waals surface area contributed by atoms with Crippen LogP contribution in [0.5, 0.6) is 5.75 Å². The van der Waals surface area contributed by atoms with E-state index in [0.717, 1.165) is 36.1 Å². The van der Waals surface area contributed by atoms with Gasteiger partial charge in [-0.25, -0.2) is 4.98 Å². The fraction of sp³-hybridized carbons (Fsp3) is 0.364. The average Bonchev–Trinajstić information content (AvgIpc) is 3.15. The Morgan fingerprint density at radius 1 is 1.25 bits per heavy atom. The van der Waals surface area contributed by atoms with Crippen molar-refractivity contribution in [2.45, 2.75) is 38.6 Å². The number of hydrogen-bond donors (Lipinski definition) is 2. The van der Waals surface area contributed by atoms with Gasteiger partial charge in [0.05, 0.1) is 23.8 Å². The summed E-state index contributed by atoms with van der Waals surface area (Å²) in [7, 11) is 1.51. The van der Waals surface area contributed by atoms with Crippen LogP contribution in [0.15, 0.2) is 29.3 Å². The molecule has 0 unspecified atom stereocenters. The first kappa shape index (κ1) is 22.3. The van der Waals surface area contributed by atoms with Crippen LogP contribution in [0.4, 0.5) is 5.69 Å². The number of aromatic nitrogens is 2. The van der Waals surface area contributed by atoms with Gasteiger partial charge in [0, 0.05) is 23.5 Å². The Kier molecular flexibility index (Phi) is 6.76. The third-order valence-corrected chi connectivity index (χ3v) is 6.86. The van der Waals surface area contributed by atoms with Crippen molar-refractivity contribution in [1.82, 2.24) is 14.9 Å². The normalized spacial score (nSPS) is 12.9. The molecule has 1 aromatic carbocycles. The number of nitrogens with zero attached hydrogens (tertiary/aromatic N) is 2. The Balaban J connectivity index is 1.32. The number of methoxy groups -OCH3 is 1. The predicted molar refractivity (Wildman–Crippen MR) is 125 cm³/mol. The summed E-state index contributed by atoms with van der Waals surface area (Å²) in [4.78, 5) is 43.7. The number of benzene rings is 1. The second kappa shape index (κ2) is 9.70. The van der Waals surface area contributed by atoms with Crippen LogP contribution in [0.2, 0.25) is 5.02 Å². The molecule has 1 aliphatic rings. The lowest BCUT2D eigenvalue weighted by Crippen LogP contribution is -2.34. The van der Waals surface area contributed by atoms with Crippen molar-refractivity contribution < 1.29 is 14.3 Å². The van der Waals surface area contributed by atoms with E-state index in [1.54, 1.807) is 29.5 Å². The molecule has 0 spiro atoms. The number of thiophene rings is 1. The second-order valence-corrected chi connectivity index (χ2v) is 9.06. The van der Waals surface area contributed by atoms with Gasteiger partial charge in [0.25, 0.3) is 5.56 Å². The molecule has 2 amide bonds. The highest BCUT2D eigenvalue weighted by Crippen LogP contribution is 2.33. The van der Waals surface area contributed by atoms with Crippen LogP contribution >= 0.6 is 22.9 Å². The molecule has 168 valence electrons. The molecule has 0 saturated carbocycles. The van der Waals surface area contributed by atoms with Gasteiger partial charge in [0.1, 0.15) is 17.1 Å². The van der Waals surface area contributed by atoms with E-state index in [1.807, 2.05) is 0 Å². The van der Waals surface area contributed by atoms with Crippen molar-refractivity contribution >= 4 is 50.7 Å². The Morgan fingerprint density at radius 2 is 2.06 bits per heavy atom. The Bertz CT molecular complexity index is 1240. The van der Waals surface area contributed by atoms with Gasteiger partial charge in [-0.05, 0) is 49.4 Å². The Morgan fingerprint density at radius 3 is 2.84 bits per heavy atom. The van der Waals surface area contributed by atoms with Crippen LogP contribution < -0.4 is 20.9 Å². The number of halogens is 1. The standard InChI is InChI=1S/C22H23ClN4O4S/c1-31-16-7-6-13(10-15(16)23)26-18(28)8-9-24-19(29)11-27-12-25-21-20(22(27)30)14-4-2-3-5-17(14)32-21/h6-7,10,12H,2-5,8-9,11H2,1H3,(H,24,29)(H,26,28). The molecule has 2 N–H and O–H groups in total. The van der Waals surface area contributed by atoms with E-state index in [9.17, 15) is 14.4 Å². The van der Waals surface area contributed by atoms with Crippen LogP contribution in [-0.4, -0.2) is 35.0 Å². The first-order valence-corrected chi connectivity index (χ1v) is 11.6. The quantitative estimate of drug-likeness (QED) is 0.547. The maximum atomic E-state index is 12.9. The van der Waals surface area contributed by atoms with Gasteiger partial charge in [-0.2, -0.15) is 0 Å². The fourth-order valence-electron chi connectivity index (χ4n) is 3.79. The van der Waals surface area contributed by atoms with Crippen molar-refractivity contribution in [3.05, 3.63) is 50.3 Å². The van der Waals surface area contributed by atoms with Crippen LogP contribution in [0.1, 0.15) is 29.7 Å². The van der Waals surface area contributed by atoms with E-state index in [2.05, 4.69) is 15.6 Å². The molecule has 0 saturated heterocycles. The number of ether oxygens (including phenoxy) is 1. The Hall–Kier alpha value is -2.91. The number of nitrogens with one attached hydrogen (secondary N) is 2. The summed E-state index contributed by atoms with van der Waals surface area (Å²) in [5.41, 5.74) is 1.45. The smallest absolute Gasteiger partial charge is 0.262 e. The summed E-state index contributed by atoms with van der Waals surface area (Å²) in [6.45, 7) is 0.00886. The highest BCUT2D eigenvalue weighted by atomic mass is 35.5. The lowest BCUT2D eigenvalue weighted by atomic mass is 9.97. The zero-order valence-corrected chi connectivity index (χ0v) is 19.1. The van der Waals surface area contributed by atoms with Gasteiger partial charge in [0.15, 0.2) is 0 Å². The van der Waals surface area contributed by atoms with Crippen molar-refractivity contribution in [1.29, 1.82) is 0 Å². The van der Waals surface area contributed by atoms with E-state index >= 15 is 0 Å². The molecule has 32 heavy (non-hydrogen) atoms. The SMILES string of the molecule is COc1ccc(NC(=O)CCNC(=O)Cn2cnc3sc4c(c3c2=O)CCCC4)cc1Cl. The highest BCUT2D eigenvalue weighted by Gasteiger charge is 2.20. The van der Waals surface area contributed by atoms with Gasteiger partial charge < -0.3 is 15.4 Å². The molecule has 10 heteroatoms. The van der Waals surface area contributed by atoms with E-state index < -0.39 is 0 Å². The molecule has 0 bridgehead atoms. The monoisotopic (exact) mass is 474 g/mol. The van der Waals surface area contributed by atoms with Crippen LogP contribution in [0.3, 0.4) is 0 Å². The molecule has 4 rings (SSSR count). The minimum Gasteiger partial charge on any atom is -0.495 e. The number of carbonyl (C=O) groups is 2. The maximum Gasteiger partial charge on any atom is 0.262 e. The lowest BCUT2D eigenvalue weighted by molar-refractivity contribution is -0.121. The van der Waals surface area contributed by atoms with E-state index in [0.29, 0.717) is 21.8 Å². The minimum absolute atomic E-state index is 0.0829. The topological polar surface area (TPSA) is 102 Å². The number of hydrogen-bond acceptors (Lipinski definition) is 6. The lowest BCUT2D eigenvalue weighted by Gasteiger charge is -2.11. The first-order chi connectivity index (χ1) is 15.5. The van der Waals surface area contributed by atoms with Crippen LogP contribution in [0.25, 0.3) is 10.2 Å². The molecule has 8 nitrogen and oxygen atoms in total. The molecule has 0 fully saturated rings. The maximum absolute atomic E-state index is 12.9. The Labute approximate surface area is 193 Å². The summed E-state index contributed by atoms with van der Waals surface area (Å²) in [6.07, 6.45) is 5.58. The van der Waals surface area contributed by atoms with Crippen molar-refractivity contribution in [3.8, 4) is 5.75 Å². The van der Waals surface area contributed by atoms with Crippen LogP contribution in [0, 0.1) is 0 Å². The van der Waals surface area contributed by atoms with Gasteiger partial charge in [-0.15, -0.1) is 11.3 Å². The van der Waals surface area contributed by atoms with Crippen LogP contribution in [-0.2, 0) is 29.0 Å². The zero-order valence-electron chi connectivity index (χ0n) is 17.6. The summed E-state index contributed by atoms with van der Waals surface area (Å²) in [5, 5.41) is 6.44. The average molecular weight is 475 g/mol. The van der Waals surface area contributed by atoms with Crippen molar-refractivity contribution in [2.75, 3.05) is 19.0 Å². The highest BCUT2D eigenvalue weighted by molar-refractivity contribution is 7.18. The van der Waals surface area contributed by atoms with E-state index in [1.165, 1.54) is 22.9 Å². The molecule has 3 aromatic rings. The van der Waals surface area contributed by atoms with E-state index in [-0.39, 0.29) is 36.9 Å². The fourth-order valence-corrected chi connectivity index (χ4v) is 5.26. The summed E-state index contributed by atoms with van der Waals surface area (Å²) in [6, 6.07) is 4.93. The molecule has 0 radical (unpaired) electrons. The minimum atomic E-state index is -0.349. The second-order valence-electron chi connectivity index (χ2n) is 7.57. The molecular formula is C22H23ClN4O4S. The van der Waals surface area contributed by atoms with Crippen molar-refractivity contribution in [2.24, 2.45) is 0 Å². The molecule has 1 aliphatic carbocycles. The predicted octanol–water partition coefficient (Wildman–Crippen LogP) is 3.14. The zero-order chi connectivity index (χ0) is 22.7. The first-order valence-electron chi connectivity index (χ1n) is 10.4. The number of fused-ring (bicyclic) bond motifs is 3. The largest absolute Gasteiger partial charge is 0.495 e. The molecule has 0 atom stereocenters. The number of amides is 2.